The van der Waals surface area contributed by atoms with E-state index in [2.05, 4.69) is 9.93 Å². The average Bonchev–Trinajstić information content (AvgIpc) is 2.66. The molecule has 2 rings (SSSR count). The SMILES string of the molecule is COc1cc(/C=N\NS(=O)(=O)c2ccc(C(C)(C)C)cc2)c([N+](=O)[O-])cc1OC. The molecule has 0 heterocycles. The smallest absolute Gasteiger partial charge is 0.282 e. The first-order valence-corrected chi connectivity index (χ1v) is 10.0. The summed E-state index contributed by atoms with van der Waals surface area (Å²) < 4.78 is 35.0. The third-order valence-electron chi connectivity index (χ3n) is 4.14. The summed E-state index contributed by atoms with van der Waals surface area (Å²) in [7, 11) is -1.19. The van der Waals surface area contributed by atoms with Gasteiger partial charge in [0.05, 0.1) is 41.9 Å². The molecule has 0 amide bonds. The summed E-state index contributed by atoms with van der Waals surface area (Å²) in [5.41, 5.74) is 0.625. The fourth-order valence-electron chi connectivity index (χ4n) is 2.50. The van der Waals surface area contributed by atoms with Crippen molar-refractivity contribution in [2.45, 2.75) is 31.1 Å². The topological polar surface area (TPSA) is 120 Å². The second-order valence-corrected chi connectivity index (χ2v) is 8.81. The van der Waals surface area contributed by atoms with E-state index in [0.717, 1.165) is 11.8 Å². The van der Waals surface area contributed by atoms with Gasteiger partial charge >= 0.3 is 0 Å². The lowest BCUT2D eigenvalue weighted by atomic mass is 9.87. The lowest BCUT2D eigenvalue weighted by molar-refractivity contribution is -0.385. The Labute approximate surface area is 169 Å². The molecule has 0 saturated heterocycles. The van der Waals surface area contributed by atoms with Crippen LogP contribution in [0.3, 0.4) is 0 Å². The second-order valence-electron chi connectivity index (χ2n) is 7.15. The minimum absolute atomic E-state index is 0.0319. The van der Waals surface area contributed by atoms with Gasteiger partial charge in [-0.25, -0.2) is 4.83 Å². The van der Waals surface area contributed by atoms with Crippen LogP contribution in [0.1, 0.15) is 31.9 Å². The van der Waals surface area contributed by atoms with Crippen LogP contribution >= 0.6 is 0 Å². The van der Waals surface area contributed by atoms with E-state index in [-0.39, 0.29) is 33.1 Å². The first-order valence-electron chi connectivity index (χ1n) is 8.55. The molecule has 29 heavy (non-hydrogen) atoms. The van der Waals surface area contributed by atoms with Crippen molar-refractivity contribution in [3.63, 3.8) is 0 Å². The van der Waals surface area contributed by atoms with Crippen molar-refractivity contribution in [3.8, 4) is 11.5 Å². The highest BCUT2D eigenvalue weighted by Crippen LogP contribution is 2.33. The minimum atomic E-state index is -3.93. The normalized spacial score (nSPS) is 12.0. The maximum Gasteiger partial charge on any atom is 0.282 e. The van der Waals surface area contributed by atoms with Crippen molar-refractivity contribution >= 4 is 21.9 Å². The van der Waals surface area contributed by atoms with Gasteiger partial charge < -0.3 is 9.47 Å². The number of nitro benzene ring substituents is 1. The van der Waals surface area contributed by atoms with Gasteiger partial charge in [-0.3, -0.25) is 10.1 Å². The number of hydrazone groups is 1. The molecule has 1 N–H and O–H groups in total. The van der Waals surface area contributed by atoms with Crippen LogP contribution in [0.4, 0.5) is 5.69 Å². The van der Waals surface area contributed by atoms with Gasteiger partial charge in [0.25, 0.3) is 15.7 Å². The van der Waals surface area contributed by atoms with Gasteiger partial charge in [0, 0.05) is 0 Å². The summed E-state index contributed by atoms with van der Waals surface area (Å²) >= 11 is 0. The maximum absolute atomic E-state index is 12.4. The monoisotopic (exact) mass is 421 g/mol. The summed E-state index contributed by atoms with van der Waals surface area (Å²) in [6, 6.07) is 8.95. The molecule has 2 aromatic rings. The molecule has 0 atom stereocenters. The molecule has 10 heteroatoms. The summed E-state index contributed by atoms with van der Waals surface area (Å²) in [5.74, 6) is 0.427. The largest absolute Gasteiger partial charge is 0.493 e. The summed E-state index contributed by atoms with van der Waals surface area (Å²) in [5, 5.41) is 15.0. The summed E-state index contributed by atoms with van der Waals surface area (Å²) in [6.45, 7) is 6.07. The number of sulfonamides is 1. The number of ether oxygens (including phenoxy) is 2. The first-order chi connectivity index (χ1) is 13.5. The zero-order valence-electron chi connectivity index (χ0n) is 16.8. The van der Waals surface area contributed by atoms with E-state index in [9.17, 15) is 18.5 Å². The third-order valence-corrected chi connectivity index (χ3v) is 5.38. The van der Waals surface area contributed by atoms with Crippen LogP contribution in [0.2, 0.25) is 0 Å². The molecule has 0 radical (unpaired) electrons. The number of nitrogens with zero attached hydrogens (tertiary/aromatic N) is 2. The van der Waals surface area contributed by atoms with Crippen LogP contribution in [-0.2, 0) is 15.4 Å². The maximum atomic E-state index is 12.4. The molecule has 9 nitrogen and oxygen atoms in total. The Bertz CT molecular complexity index is 1030. The van der Waals surface area contributed by atoms with Crippen LogP contribution in [0.15, 0.2) is 46.4 Å². The fraction of sp³-hybridized carbons (Fsp3) is 0.316. The van der Waals surface area contributed by atoms with Crippen molar-refractivity contribution in [2.75, 3.05) is 14.2 Å². The molecule has 0 fully saturated rings. The standard InChI is InChI=1S/C19H23N3O6S/c1-19(2,3)14-6-8-15(9-7-14)29(25,26)21-20-12-13-10-17(27-4)18(28-5)11-16(13)22(23)24/h6-12,21H,1-5H3/b20-12-. The van der Waals surface area contributed by atoms with Crippen molar-refractivity contribution in [1.82, 2.24) is 4.83 Å². The Morgan fingerprint density at radius 1 is 1.07 bits per heavy atom. The summed E-state index contributed by atoms with van der Waals surface area (Å²) in [6.07, 6.45) is 1.04. The van der Waals surface area contributed by atoms with Crippen molar-refractivity contribution < 1.29 is 22.8 Å². The Balaban J connectivity index is 2.29. The molecule has 2 aromatic carbocycles. The van der Waals surface area contributed by atoms with E-state index < -0.39 is 14.9 Å². The van der Waals surface area contributed by atoms with Crippen molar-refractivity contribution in [3.05, 3.63) is 57.6 Å². The summed E-state index contributed by atoms with van der Waals surface area (Å²) in [4.78, 5) is 12.8. The molecule has 0 aromatic heterocycles. The van der Waals surface area contributed by atoms with Crippen molar-refractivity contribution in [1.29, 1.82) is 0 Å². The van der Waals surface area contributed by atoms with Crippen LogP contribution in [0.25, 0.3) is 0 Å². The third kappa shape index (κ3) is 5.23. The zero-order chi connectivity index (χ0) is 21.8. The van der Waals surface area contributed by atoms with E-state index in [1.165, 1.54) is 38.5 Å². The Kier molecular flexibility index (Phi) is 6.48. The Hall–Kier alpha value is -3.14. The predicted octanol–water partition coefficient (Wildman–Crippen LogP) is 3.22. The van der Waals surface area contributed by atoms with Gasteiger partial charge in [0.1, 0.15) is 0 Å². The number of hydrogen-bond donors (Lipinski definition) is 1. The van der Waals surface area contributed by atoms with Crippen LogP contribution in [0, 0.1) is 10.1 Å². The molecular weight excluding hydrogens is 398 g/mol. The first kappa shape index (κ1) is 22.2. The van der Waals surface area contributed by atoms with E-state index >= 15 is 0 Å². The Morgan fingerprint density at radius 3 is 2.10 bits per heavy atom. The van der Waals surface area contributed by atoms with Gasteiger partial charge in [-0.1, -0.05) is 32.9 Å². The molecule has 0 saturated carbocycles. The highest BCUT2D eigenvalue weighted by Gasteiger charge is 2.20. The lowest BCUT2D eigenvalue weighted by Crippen LogP contribution is -2.19. The fourth-order valence-corrected chi connectivity index (χ4v) is 3.29. The van der Waals surface area contributed by atoms with Crippen LogP contribution < -0.4 is 14.3 Å². The number of nitrogens with one attached hydrogen (secondary N) is 1. The minimum Gasteiger partial charge on any atom is -0.493 e. The van der Waals surface area contributed by atoms with E-state index in [0.29, 0.717) is 0 Å². The number of methoxy groups -OCH3 is 2. The molecule has 0 bridgehead atoms. The van der Waals surface area contributed by atoms with E-state index in [1.807, 2.05) is 20.8 Å². The molecule has 0 aliphatic rings. The zero-order valence-corrected chi connectivity index (χ0v) is 17.6. The van der Waals surface area contributed by atoms with Gasteiger partial charge in [0.2, 0.25) is 0 Å². The molecule has 156 valence electrons. The lowest BCUT2D eigenvalue weighted by Gasteiger charge is -2.19. The van der Waals surface area contributed by atoms with Gasteiger partial charge in [-0.15, -0.1) is 0 Å². The van der Waals surface area contributed by atoms with Crippen molar-refractivity contribution in [2.24, 2.45) is 5.10 Å². The van der Waals surface area contributed by atoms with Crippen LogP contribution in [-0.4, -0.2) is 33.8 Å². The number of benzene rings is 2. The second kappa shape index (κ2) is 8.48. The highest BCUT2D eigenvalue weighted by molar-refractivity contribution is 7.89. The molecule has 0 aliphatic carbocycles. The number of hydrogen-bond acceptors (Lipinski definition) is 7. The highest BCUT2D eigenvalue weighted by atomic mass is 32.2. The van der Waals surface area contributed by atoms with Gasteiger partial charge in [0.15, 0.2) is 11.5 Å². The van der Waals surface area contributed by atoms with Crippen LogP contribution in [0.5, 0.6) is 11.5 Å². The predicted molar refractivity (Wildman–Crippen MR) is 109 cm³/mol. The quantitative estimate of drug-likeness (QED) is 0.416. The molecular formula is C19H23N3O6S. The number of rotatable bonds is 7. The molecule has 0 aliphatic heterocycles. The molecule has 0 unspecified atom stereocenters. The average molecular weight is 421 g/mol. The van der Waals surface area contributed by atoms with Gasteiger partial charge in [-0.2, -0.15) is 13.5 Å². The molecule has 0 spiro atoms. The van der Waals surface area contributed by atoms with E-state index in [1.54, 1.807) is 12.1 Å². The van der Waals surface area contributed by atoms with Gasteiger partial charge in [-0.05, 0) is 29.2 Å². The Morgan fingerprint density at radius 2 is 1.62 bits per heavy atom. The number of nitro groups is 1. The van der Waals surface area contributed by atoms with E-state index in [4.69, 9.17) is 9.47 Å².